The summed E-state index contributed by atoms with van der Waals surface area (Å²) >= 11 is 0. The number of rotatable bonds is 5. The maximum Gasteiger partial charge on any atom is 0.269 e. The van der Waals surface area contributed by atoms with E-state index < -0.39 is 5.91 Å². The number of amides is 3. The lowest BCUT2D eigenvalue weighted by Crippen LogP contribution is -2.39. The molecule has 0 heterocycles. The van der Waals surface area contributed by atoms with Crippen molar-refractivity contribution in [2.24, 2.45) is 0 Å². The molecule has 0 unspecified atom stereocenters. The molecule has 0 saturated carbocycles. The first-order valence-electron chi connectivity index (χ1n) is 6.43. The van der Waals surface area contributed by atoms with Crippen molar-refractivity contribution in [3.8, 4) is 0 Å². The van der Waals surface area contributed by atoms with E-state index in [2.05, 4.69) is 10.6 Å². The van der Waals surface area contributed by atoms with Gasteiger partial charge in [-0.3, -0.25) is 14.4 Å². The minimum atomic E-state index is -0.456. The first kappa shape index (κ1) is 16.4. The fourth-order valence-corrected chi connectivity index (χ4v) is 1.51. The number of nitrogens with one attached hydrogen (secondary N) is 2. The zero-order valence-electron chi connectivity index (χ0n) is 12.3. The van der Waals surface area contributed by atoms with Crippen LogP contribution in [-0.2, 0) is 14.4 Å². The molecule has 3 amide bonds. The van der Waals surface area contributed by atoms with E-state index >= 15 is 0 Å². The van der Waals surface area contributed by atoms with Crippen LogP contribution in [0.5, 0.6) is 0 Å². The van der Waals surface area contributed by atoms with E-state index in [9.17, 15) is 14.4 Å². The third-order valence-electron chi connectivity index (χ3n) is 2.52. The Morgan fingerprint density at radius 2 is 1.76 bits per heavy atom. The summed E-state index contributed by atoms with van der Waals surface area (Å²) in [4.78, 5) is 36.0. The third kappa shape index (κ3) is 5.90. The van der Waals surface area contributed by atoms with Gasteiger partial charge in [-0.25, -0.2) is 0 Å². The fourth-order valence-electron chi connectivity index (χ4n) is 1.51. The Morgan fingerprint density at radius 3 is 2.29 bits per heavy atom. The summed E-state index contributed by atoms with van der Waals surface area (Å²) < 4.78 is 0. The molecule has 0 aromatic heterocycles. The number of hydrogen-bond donors (Lipinski definition) is 2. The molecule has 0 atom stereocenters. The molecule has 0 aliphatic rings. The highest BCUT2D eigenvalue weighted by atomic mass is 16.2. The molecule has 1 aromatic rings. The van der Waals surface area contributed by atoms with Crippen molar-refractivity contribution in [2.75, 3.05) is 20.6 Å². The van der Waals surface area contributed by atoms with Gasteiger partial charge in [0.2, 0.25) is 11.8 Å². The minimum Gasteiger partial charge on any atom is -0.347 e. The summed E-state index contributed by atoms with van der Waals surface area (Å²) in [6, 6.07) is 9.18. The van der Waals surface area contributed by atoms with Gasteiger partial charge in [-0.2, -0.15) is 0 Å². The predicted molar refractivity (Wildman–Crippen MR) is 79.9 cm³/mol. The molecule has 0 bridgehead atoms. The second-order valence-electron chi connectivity index (χ2n) is 4.63. The Bertz CT molecular complexity index is 551. The standard InChI is InChI=1S/C15H19N3O3/c1-11(19)16-10-14(20)17-13(15(21)18(2)3)9-12-7-5-4-6-8-12/h4-9H,10H2,1-3H3,(H,16,19)(H,17,20)/b13-9-. The van der Waals surface area contributed by atoms with Gasteiger partial charge in [-0.05, 0) is 11.6 Å². The van der Waals surface area contributed by atoms with Crippen molar-refractivity contribution in [3.63, 3.8) is 0 Å². The van der Waals surface area contributed by atoms with Gasteiger partial charge in [-0.15, -0.1) is 0 Å². The molecular weight excluding hydrogens is 270 g/mol. The Morgan fingerprint density at radius 1 is 1.14 bits per heavy atom. The Kier molecular flexibility index (Phi) is 6.13. The number of nitrogens with zero attached hydrogens (tertiary/aromatic N) is 1. The summed E-state index contributed by atoms with van der Waals surface area (Å²) in [6.07, 6.45) is 1.59. The first-order chi connectivity index (χ1) is 9.90. The molecule has 0 radical (unpaired) electrons. The van der Waals surface area contributed by atoms with Crippen molar-refractivity contribution < 1.29 is 14.4 Å². The summed E-state index contributed by atoms with van der Waals surface area (Å²) in [5.74, 6) is -1.09. The molecule has 1 aromatic carbocycles. The zero-order valence-corrected chi connectivity index (χ0v) is 12.3. The lowest BCUT2D eigenvalue weighted by molar-refractivity contribution is -0.128. The van der Waals surface area contributed by atoms with E-state index in [0.29, 0.717) is 0 Å². The number of carbonyl (C=O) groups excluding carboxylic acids is 3. The monoisotopic (exact) mass is 289 g/mol. The maximum atomic E-state index is 12.1. The lowest BCUT2D eigenvalue weighted by Gasteiger charge is -2.15. The molecule has 6 heteroatoms. The van der Waals surface area contributed by atoms with E-state index in [1.54, 1.807) is 20.2 Å². The quantitative estimate of drug-likeness (QED) is 0.769. The molecule has 0 saturated heterocycles. The van der Waals surface area contributed by atoms with Crippen LogP contribution >= 0.6 is 0 Å². The molecule has 112 valence electrons. The lowest BCUT2D eigenvalue weighted by atomic mass is 10.2. The number of benzene rings is 1. The van der Waals surface area contributed by atoms with E-state index in [1.807, 2.05) is 30.3 Å². The normalized spacial score (nSPS) is 10.7. The molecule has 0 aliphatic carbocycles. The van der Waals surface area contributed by atoms with E-state index in [0.717, 1.165) is 5.56 Å². The number of carbonyl (C=O) groups is 3. The van der Waals surface area contributed by atoms with E-state index in [1.165, 1.54) is 11.8 Å². The summed E-state index contributed by atoms with van der Waals surface area (Å²) in [5, 5.41) is 4.90. The van der Waals surface area contributed by atoms with Gasteiger partial charge in [0.15, 0.2) is 0 Å². The molecule has 0 spiro atoms. The SMILES string of the molecule is CC(=O)NCC(=O)N/C(=C\c1ccccc1)C(=O)N(C)C. The van der Waals surface area contributed by atoms with Crippen molar-refractivity contribution >= 4 is 23.8 Å². The average molecular weight is 289 g/mol. The van der Waals surface area contributed by atoms with Gasteiger partial charge in [-0.1, -0.05) is 30.3 Å². The van der Waals surface area contributed by atoms with E-state index in [-0.39, 0.29) is 24.1 Å². The summed E-state index contributed by atoms with van der Waals surface area (Å²) in [5.41, 5.74) is 0.948. The molecule has 21 heavy (non-hydrogen) atoms. The van der Waals surface area contributed by atoms with Crippen molar-refractivity contribution in [1.82, 2.24) is 15.5 Å². The maximum absolute atomic E-state index is 12.1. The number of likely N-dealkylation sites (N-methyl/N-ethyl adjacent to an activating group) is 1. The number of hydrogen-bond acceptors (Lipinski definition) is 3. The van der Waals surface area contributed by atoms with Crippen LogP contribution in [0.25, 0.3) is 6.08 Å². The van der Waals surface area contributed by atoms with Crippen LogP contribution < -0.4 is 10.6 Å². The Labute approximate surface area is 123 Å². The van der Waals surface area contributed by atoms with Crippen LogP contribution in [0, 0.1) is 0 Å². The first-order valence-corrected chi connectivity index (χ1v) is 6.43. The van der Waals surface area contributed by atoms with Crippen LogP contribution in [0.2, 0.25) is 0 Å². The molecule has 1 rings (SSSR count). The highest BCUT2D eigenvalue weighted by Gasteiger charge is 2.15. The van der Waals surface area contributed by atoms with Gasteiger partial charge in [0, 0.05) is 21.0 Å². The summed E-state index contributed by atoms with van der Waals surface area (Å²) in [6.45, 7) is 1.14. The zero-order chi connectivity index (χ0) is 15.8. The van der Waals surface area contributed by atoms with Gasteiger partial charge < -0.3 is 15.5 Å². The van der Waals surface area contributed by atoms with Crippen LogP contribution in [0.1, 0.15) is 12.5 Å². The average Bonchev–Trinajstić information content (AvgIpc) is 2.44. The van der Waals surface area contributed by atoms with Crippen LogP contribution in [0.3, 0.4) is 0 Å². The van der Waals surface area contributed by atoms with Crippen molar-refractivity contribution in [3.05, 3.63) is 41.6 Å². The fraction of sp³-hybridized carbons (Fsp3) is 0.267. The minimum absolute atomic E-state index is 0.154. The summed E-state index contributed by atoms with van der Waals surface area (Å²) in [7, 11) is 3.20. The Balaban J connectivity index is 2.88. The van der Waals surface area contributed by atoms with Gasteiger partial charge in [0.1, 0.15) is 5.70 Å². The highest BCUT2D eigenvalue weighted by Crippen LogP contribution is 2.06. The molecule has 2 N–H and O–H groups in total. The second kappa shape index (κ2) is 7.84. The van der Waals surface area contributed by atoms with Crippen molar-refractivity contribution in [2.45, 2.75) is 6.92 Å². The highest BCUT2D eigenvalue weighted by molar-refractivity contribution is 6.01. The topological polar surface area (TPSA) is 78.5 Å². The smallest absolute Gasteiger partial charge is 0.269 e. The predicted octanol–water partition coefficient (Wildman–Crippen LogP) is 0.368. The van der Waals surface area contributed by atoms with E-state index in [4.69, 9.17) is 0 Å². The van der Waals surface area contributed by atoms with Crippen molar-refractivity contribution in [1.29, 1.82) is 0 Å². The van der Waals surface area contributed by atoms with Gasteiger partial charge >= 0.3 is 0 Å². The van der Waals surface area contributed by atoms with Gasteiger partial charge in [0.25, 0.3) is 5.91 Å². The van der Waals surface area contributed by atoms with Crippen LogP contribution in [-0.4, -0.2) is 43.3 Å². The van der Waals surface area contributed by atoms with Crippen LogP contribution in [0.15, 0.2) is 36.0 Å². The molecular formula is C15H19N3O3. The Hall–Kier alpha value is -2.63. The third-order valence-corrected chi connectivity index (χ3v) is 2.52. The second-order valence-corrected chi connectivity index (χ2v) is 4.63. The van der Waals surface area contributed by atoms with Gasteiger partial charge in [0.05, 0.1) is 6.54 Å². The largest absolute Gasteiger partial charge is 0.347 e. The molecule has 6 nitrogen and oxygen atoms in total. The molecule has 0 aliphatic heterocycles. The van der Waals surface area contributed by atoms with Crippen LogP contribution in [0.4, 0.5) is 0 Å². The molecule has 0 fully saturated rings.